The first kappa shape index (κ1) is 11.0. The molecule has 86 valence electrons. The van der Waals surface area contributed by atoms with Crippen LogP contribution in [0.15, 0.2) is 28.9 Å². The van der Waals surface area contributed by atoms with Gasteiger partial charge in [0.2, 0.25) is 0 Å². The van der Waals surface area contributed by atoms with E-state index in [-0.39, 0.29) is 0 Å². The molecule has 4 nitrogen and oxygen atoms in total. The highest BCUT2D eigenvalue weighted by atomic mass is 16.4. The predicted octanol–water partition coefficient (Wildman–Crippen LogP) is 1.85. The minimum Gasteiger partial charge on any atom is -0.463 e. The largest absolute Gasteiger partial charge is 0.463 e. The third-order valence-electron chi connectivity index (χ3n) is 2.66. The zero-order valence-electron chi connectivity index (χ0n) is 9.55. The van der Waals surface area contributed by atoms with Crippen LogP contribution >= 0.6 is 0 Å². The molecule has 0 radical (unpaired) electrons. The van der Waals surface area contributed by atoms with Crippen LogP contribution < -0.4 is 0 Å². The molecule has 0 saturated carbocycles. The molecule has 1 atom stereocenters. The van der Waals surface area contributed by atoms with E-state index >= 15 is 0 Å². The molecule has 0 aromatic carbocycles. The third kappa shape index (κ3) is 2.17. The summed E-state index contributed by atoms with van der Waals surface area (Å²) in [5.74, 6) is 2.36. The molecule has 1 unspecified atom stereocenters. The number of nitrogens with zero attached hydrogens (tertiary/aromatic N) is 2. The van der Waals surface area contributed by atoms with Crippen molar-refractivity contribution in [1.82, 2.24) is 9.55 Å². The van der Waals surface area contributed by atoms with E-state index in [1.807, 2.05) is 36.9 Å². The normalized spacial score (nSPS) is 12.9. The molecule has 2 aromatic heterocycles. The molecule has 0 saturated heterocycles. The molecule has 0 spiro atoms. The van der Waals surface area contributed by atoms with Crippen LogP contribution in [0.1, 0.15) is 30.4 Å². The number of aryl methyl sites for hydroxylation is 2. The van der Waals surface area contributed by atoms with Gasteiger partial charge in [-0.05, 0) is 12.1 Å². The van der Waals surface area contributed by atoms with Crippen LogP contribution in [0, 0.1) is 0 Å². The minimum absolute atomic E-state index is 0.472. The number of rotatable bonds is 4. The van der Waals surface area contributed by atoms with Gasteiger partial charge >= 0.3 is 0 Å². The summed E-state index contributed by atoms with van der Waals surface area (Å²) in [4.78, 5) is 4.17. The summed E-state index contributed by atoms with van der Waals surface area (Å²) in [6.45, 7) is 2.02. The Labute approximate surface area is 94.5 Å². The number of imidazole rings is 1. The van der Waals surface area contributed by atoms with E-state index in [0.29, 0.717) is 12.2 Å². The zero-order chi connectivity index (χ0) is 11.5. The van der Waals surface area contributed by atoms with Gasteiger partial charge < -0.3 is 14.1 Å². The van der Waals surface area contributed by atoms with E-state index in [4.69, 9.17) is 4.42 Å². The fourth-order valence-electron chi connectivity index (χ4n) is 1.63. The molecule has 2 heterocycles. The Kier molecular flexibility index (Phi) is 3.10. The fraction of sp³-hybridized carbons (Fsp3) is 0.417. The monoisotopic (exact) mass is 220 g/mol. The highest BCUT2D eigenvalue weighted by Crippen LogP contribution is 2.20. The molecule has 0 aliphatic heterocycles. The van der Waals surface area contributed by atoms with Crippen LogP contribution in [0.3, 0.4) is 0 Å². The summed E-state index contributed by atoms with van der Waals surface area (Å²) in [5, 5.41) is 9.98. The van der Waals surface area contributed by atoms with Crippen molar-refractivity contribution >= 4 is 0 Å². The second-order valence-electron chi connectivity index (χ2n) is 3.83. The van der Waals surface area contributed by atoms with E-state index in [0.717, 1.165) is 18.0 Å². The average molecular weight is 220 g/mol. The second kappa shape index (κ2) is 4.53. The summed E-state index contributed by atoms with van der Waals surface area (Å²) >= 11 is 0. The Morgan fingerprint density at radius 3 is 2.88 bits per heavy atom. The van der Waals surface area contributed by atoms with Crippen LogP contribution in [0.4, 0.5) is 0 Å². The number of aromatic nitrogens is 2. The van der Waals surface area contributed by atoms with Crippen LogP contribution in [0.25, 0.3) is 0 Å². The van der Waals surface area contributed by atoms with Crippen LogP contribution in [-0.2, 0) is 19.9 Å². The topological polar surface area (TPSA) is 51.2 Å². The van der Waals surface area contributed by atoms with E-state index in [1.165, 1.54) is 0 Å². The van der Waals surface area contributed by atoms with E-state index < -0.39 is 6.10 Å². The first-order valence-corrected chi connectivity index (χ1v) is 5.43. The van der Waals surface area contributed by atoms with Gasteiger partial charge in [0, 0.05) is 32.3 Å². The molecule has 0 fully saturated rings. The lowest BCUT2D eigenvalue weighted by Crippen LogP contribution is -2.05. The summed E-state index contributed by atoms with van der Waals surface area (Å²) < 4.78 is 7.39. The van der Waals surface area contributed by atoms with Crippen molar-refractivity contribution in [3.8, 4) is 0 Å². The van der Waals surface area contributed by atoms with E-state index in [1.54, 1.807) is 6.20 Å². The first-order chi connectivity index (χ1) is 7.70. The number of furan rings is 1. The molecule has 0 aliphatic carbocycles. The smallest absolute Gasteiger partial charge is 0.133 e. The van der Waals surface area contributed by atoms with Gasteiger partial charge in [0.1, 0.15) is 23.4 Å². The molecule has 0 bridgehead atoms. The SMILES string of the molecule is CCc1ccc(C(O)Cc2nccn2C)o1. The lowest BCUT2D eigenvalue weighted by atomic mass is 10.2. The number of hydrogen-bond donors (Lipinski definition) is 1. The Morgan fingerprint density at radius 2 is 2.31 bits per heavy atom. The van der Waals surface area contributed by atoms with Crippen molar-refractivity contribution in [3.05, 3.63) is 41.9 Å². The fourth-order valence-corrected chi connectivity index (χ4v) is 1.63. The van der Waals surface area contributed by atoms with Gasteiger partial charge in [-0.2, -0.15) is 0 Å². The predicted molar refractivity (Wildman–Crippen MR) is 60.0 cm³/mol. The number of hydrogen-bond acceptors (Lipinski definition) is 3. The molecule has 0 amide bonds. The average Bonchev–Trinajstić information content (AvgIpc) is 2.88. The summed E-state index contributed by atoms with van der Waals surface area (Å²) in [6.07, 6.45) is 4.28. The van der Waals surface area contributed by atoms with Crippen molar-refractivity contribution < 1.29 is 9.52 Å². The van der Waals surface area contributed by atoms with E-state index in [2.05, 4.69) is 4.98 Å². The lowest BCUT2D eigenvalue weighted by Gasteiger charge is -2.07. The minimum atomic E-state index is -0.624. The van der Waals surface area contributed by atoms with Crippen molar-refractivity contribution in [2.45, 2.75) is 25.9 Å². The summed E-state index contributed by atoms with van der Waals surface area (Å²) in [5.41, 5.74) is 0. The summed E-state index contributed by atoms with van der Waals surface area (Å²) in [6, 6.07) is 3.73. The zero-order valence-corrected chi connectivity index (χ0v) is 9.55. The molecule has 16 heavy (non-hydrogen) atoms. The van der Waals surface area contributed by atoms with Gasteiger partial charge in [-0.25, -0.2) is 4.98 Å². The van der Waals surface area contributed by atoms with Crippen LogP contribution in [-0.4, -0.2) is 14.7 Å². The quantitative estimate of drug-likeness (QED) is 0.855. The van der Waals surface area contributed by atoms with Crippen LogP contribution in [0.5, 0.6) is 0 Å². The Morgan fingerprint density at radius 1 is 1.50 bits per heavy atom. The summed E-state index contributed by atoms with van der Waals surface area (Å²) in [7, 11) is 1.91. The maximum Gasteiger partial charge on any atom is 0.133 e. The number of aliphatic hydroxyl groups is 1. The molecule has 0 aliphatic rings. The lowest BCUT2D eigenvalue weighted by molar-refractivity contribution is 0.145. The van der Waals surface area contributed by atoms with Gasteiger partial charge in [-0.1, -0.05) is 6.92 Å². The molecule has 2 aromatic rings. The van der Waals surface area contributed by atoms with Gasteiger partial charge in [-0.15, -0.1) is 0 Å². The molecular formula is C12H16N2O2. The van der Waals surface area contributed by atoms with Crippen molar-refractivity contribution in [2.24, 2.45) is 7.05 Å². The van der Waals surface area contributed by atoms with Crippen molar-refractivity contribution in [3.63, 3.8) is 0 Å². The maximum atomic E-state index is 9.98. The van der Waals surface area contributed by atoms with Crippen LogP contribution in [0.2, 0.25) is 0 Å². The van der Waals surface area contributed by atoms with Gasteiger partial charge in [-0.3, -0.25) is 0 Å². The molecule has 1 N–H and O–H groups in total. The maximum absolute atomic E-state index is 9.98. The first-order valence-electron chi connectivity index (χ1n) is 5.43. The third-order valence-corrected chi connectivity index (χ3v) is 2.66. The molecule has 4 heteroatoms. The Hall–Kier alpha value is -1.55. The molecule has 2 rings (SSSR count). The number of aliphatic hydroxyl groups excluding tert-OH is 1. The van der Waals surface area contributed by atoms with E-state index in [9.17, 15) is 5.11 Å². The van der Waals surface area contributed by atoms with Crippen molar-refractivity contribution in [2.75, 3.05) is 0 Å². The molecular weight excluding hydrogens is 204 g/mol. The highest BCUT2D eigenvalue weighted by Gasteiger charge is 2.14. The standard InChI is InChI=1S/C12H16N2O2/c1-3-9-4-5-11(16-9)10(15)8-12-13-6-7-14(12)2/h4-7,10,15H,3,8H2,1-2H3. The highest BCUT2D eigenvalue weighted by molar-refractivity contribution is 5.11. The van der Waals surface area contributed by atoms with Gasteiger partial charge in [0.15, 0.2) is 0 Å². The van der Waals surface area contributed by atoms with Gasteiger partial charge in [0.25, 0.3) is 0 Å². The Balaban J connectivity index is 2.08. The second-order valence-corrected chi connectivity index (χ2v) is 3.83. The van der Waals surface area contributed by atoms with Gasteiger partial charge in [0.05, 0.1) is 0 Å². The Bertz CT molecular complexity index is 459. The van der Waals surface area contributed by atoms with Crippen molar-refractivity contribution in [1.29, 1.82) is 0 Å².